The van der Waals surface area contributed by atoms with Crippen LogP contribution in [-0.4, -0.2) is 23.1 Å². The Labute approximate surface area is 131 Å². The van der Waals surface area contributed by atoms with E-state index in [4.69, 9.17) is 11.6 Å². The number of nitrogens with zero attached hydrogens (tertiary/aromatic N) is 1. The van der Waals surface area contributed by atoms with Crippen LogP contribution in [0.3, 0.4) is 0 Å². The summed E-state index contributed by atoms with van der Waals surface area (Å²) in [4.78, 5) is 14.4. The van der Waals surface area contributed by atoms with Gasteiger partial charge in [0.1, 0.15) is 11.2 Å². The van der Waals surface area contributed by atoms with E-state index in [9.17, 15) is 9.18 Å². The number of hydrogen-bond acceptors (Lipinski definition) is 2. The van der Waals surface area contributed by atoms with E-state index in [-0.39, 0.29) is 17.1 Å². The van der Waals surface area contributed by atoms with Crippen molar-refractivity contribution >= 4 is 29.3 Å². The monoisotopic (exact) mass is 321 g/mol. The summed E-state index contributed by atoms with van der Waals surface area (Å²) in [6.45, 7) is 0.660. The van der Waals surface area contributed by atoms with Crippen LogP contribution in [0.2, 0.25) is 5.02 Å². The molecule has 2 nitrogen and oxygen atoms in total. The second-order valence-electron chi connectivity index (χ2n) is 4.78. The van der Waals surface area contributed by atoms with Crippen LogP contribution in [0.25, 0.3) is 0 Å². The zero-order valence-corrected chi connectivity index (χ0v) is 12.7. The molecule has 0 aliphatic carbocycles. The topological polar surface area (TPSA) is 20.3 Å². The molecule has 1 aliphatic rings. The molecule has 0 bridgehead atoms. The van der Waals surface area contributed by atoms with Crippen LogP contribution < -0.4 is 0 Å². The highest BCUT2D eigenvalue weighted by Gasteiger charge is 2.31. The Morgan fingerprint density at radius 2 is 2.00 bits per heavy atom. The quantitative estimate of drug-likeness (QED) is 0.818. The van der Waals surface area contributed by atoms with Crippen molar-refractivity contribution in [2.45, 2.75) is 5.37 Å². The maximum absolute atomic E-state index is 13.4. The van der Waals surface area contributed by atoms with E-state index in [2.05, 4.69) is 0 Å². The van der Waals surface area contributed by atoms with E-state index >= 15 is 0 Å². The Morgan fingerprint density at radius 1 is 1.24 bits per heavy atom. The summed E-state index contributed by atoms with van der Waals surface area (Å²) in [6, 6.07) is 13.3. The van der Waals surface area contributed by atoms with Crippen LogP contribution in [0.5, 0.6) is 0 Å². The molecule has 1 aliphatic heterocycles. The molecule has 1 amide bonds. The van der Waals surface area contributed by atoms with Crippen LogP contribution in [0.1, 0.15) is 21.3 Å². The Hall–Kier alpha value is -1.52. The highest BCUT2D eigenvalue weighted by molar-refractivity contribution is 7.99. The molecule has 1 fully saturated rings. The van der Waals surface area contributed by atoms with Crippen molar-refractivity contribution in [1.29, 1.82) is 0 Å². The van der Waals surface area contributed by atoms with E-state index in [1.807, 2.05) is 6.07 Å². The van der Waals surface area contributed by atoms with Gasteiger partial charge in [0.25, 0.3) is 5.91 Å². The molecule has 0 unspecified atom stereocenters. The third-order valence-corrected chi connectivity index (χ3v) is 4.89. The zero-order valence-electron chi connectivity index (χ0n) is 11.1. The predicted molar refractivity (Wildman–Crippen MR) is 84.1 cm³/mol. The van der Waals surface area contributed by atoms with Crippen molar-refractivity contribution in [3.05, 3.63) is 70.5 Å². The minimum absolute atomic E-state index is 0.0501. The van der Waals surface area contributed by atoms with Gasteiger partial charge in [0.2, 0.25) is 0 Å². The lowest BCUT2D eigenvalue weighted by molar-refractivity contribution is 0.0760. The second kappa shape index (κ2) is 6.08. The van der Waals surface area contributed by atoms with Crippen molar-refractivity contribution in [1.82, 2.24) is 4.90 Å². The second-order valence-corrected chi connectivity index (χ2v) is 6.41. The number of benzene rings is 2. The summed E-state index contributed by atoms with van der Waals surface area (Å²) in [5.74, 6) is 0.519. The average molecular weight is 322 g/mol. The zero-order chi connectivity index (χ0) is 14.8. The summed E-state index contributed by atoms with van der Waals surface area (Å²) < 4.78 is 13.4. The SMILES string of the molecule is O=C(c1ccc(Cl)cc1)N1CCS[C@H]1c1cccc(F)c1. The fourth-order valence-electron chi connectivity index (χ4n) is 2.37. The fraction of sp³-hybridized carbons (Fsp3) is 0.188. The number of thioether (sulfide) groups is 1. The third-order valence-electron chi connectivity index (χ3n) is 3.38. The van der Waals surface area contributed by atoms with Crippen LogP contribution in [0.4, 0.5) is 4.39 Å². The molecule has 5 heteroatoms. The van der Waals surface area contributed by atoms with Crippen LogP contribution >= 0.6 is 23.4 Å². The third kappa shape index (κ3) is 3.06. The van der Waals surface area contributed by atoms with Gasteiger partial charge < -0.3 is 4.90 Å². The average Bonchev–Trinajstić information content (AvgIpc) is 2.97. The Kier molecular flexibility index (Phi) is 4.17. The summed E-state index contributed by atoms with van der Waals surface area (Å²) in [7, 11) is 0. The summed E-state index contributed by atoms with van der Waals surface area (Å²) >= 11 is 7.50. The molecule has 0 N–H and O–H groups in total. The van der Waals surface area contributed by atoms with E-state index < -0.39 is 0 Å². The van der Waals surface area contributed by atoms with Gasteiger partial charge in [0.15, 0.2) is 0 Å². The molecule has 0 spiro atoms. The Balaban J connectivity index is 1.87. The van der Waals surface area contributed by atoms with Gasteiger partial charge in [-0.25, -0.2) is 4.39 Å². The molecule has 2 aromatic rings. The van der Waals surface area contributed by atoms with Gasteiger partial charge in [-0.15, -0.1) is 11.8 Å². The molecule has 1 heterocycles. The molecule has 21 heavy (non-hydrogen) atoms. The van der Waals surface area contributed by atoms with E-state index in [0.717, 1.165) is 11.3 Å². The maximum Gasteiger partial charge on any atom is 0.255 e. The van der Waals surface area contributed by atoms with Crippen molar-refractivity contribution < 1.29 is 9.18 Å². The summed E-state index contributed by atoms with van der Waals surface area (Å²) in [5.41, 5.74) is 1.42. The molecule has 1 saturated heterocycles. The van der Waals surface area contributed by atoms with Crippen LogP contribution in [0, 0.1) is 5.82 Å². The van der Waals surface area contributed by atoms with E-state index in [0.29, 0.717) is 17.1 Å². The predicted octanol–water partition coefficient (Wildman–Crippen LogP) is 4.37. The van der Waals surface area contributed by atoms with Crippen molar-refractivity contribution in [3.8, 4) is 0 Å². The molecule has 0 saturated carbocycles. The van der Waals surface area contributed by atoms with Gasteiger partial charge in [-0.2, -0.15) is 0 Å². The lowest BCUT2D eigenvalue weighted by atomic mass is 10.1. The fourth-order valence-corrected chi connectivity index (χ4v) is 3.74. The number of carbonyl (C=O) groups is 1. The number of amides is 1. The minimum atomic E-state index is -0.279. The molecule has 0 radical (unpaired) electrons. The normalized spacial score (nSPS) is 18.0. The molecule has 0 aromatic heterocycles. The molecule has 3 rings (SSSR count). The first-order valence-corrected chi connectivity index (χ1v) is 8.01. The highest BCUT2D eigenvalue weighted by Crippen LogP contribution is 2.38. The minimum Gasteiger partial charge on any atom is -0.322 e. The lowest BCUT2D eigenvalue weighted by Crippen LogP contribution is -2.30. The molecule has 108 valence electrons. The van der Waals surface area contributed by atoms with Gasteiger partial charge in [-0.1, -0.05) is 23.7 Å². The van der Waals surface area contributed by atoms with Crippen LogP contribution in [-0.2, 0) is 0 Å². The van der Waals surface area contributed by atoms with E-state index in [1.165, 1.54) is 12.1 Å². The first kappa shape index (κ1) is 14.4. The number of carbonyl (C=O) groups excluding carboxylic acids is 1. The number of hydrogen-bond donors (Lipinski definition) is 0. The largest absolute Gasteiger partial charge is 0.322 e. The Bertz CT molecular complexity index is 662. The Morgan fingerprint density at radius 3 is 2.71 bits per heavy atom. The number of halogens is 2. The maximum atomic E-state index is 13.4. The molecular weight excluding hydrogens is 309 g/mol. The molecule has 2 aromatic carbocycles. The van der Waals surface area contributed by atoms with Gasteiger partial charge in [0, 0.05) is 22.9 Å². The van der Waals surface area contributed by atoms with E-state index in [1.54, 1.807) is 47.0 Å². The van der Waals surface area contributed by atoms with Crippen molar-refractivity contribution in [2.75, 3.05) is 12.3 Å². The standard InChI is InChI=1S/C16H13ClFNOS/c17-13-6-4-11(5-7-13)15(20)19-8-9-21-16(19)12-2-1-3-14(18)10-12/h1-7,10,16H,8-9H2/t16-/m0/s1. The van der Waals surface area contributed by atoms with Crippen LogP contribution in [0.15, 0.2) is 48.5 Å². The first-order chi connectivity index (χ1) is 10.1. The highest BCUT2D eigenvalue weighted by atomic mass is 35.5. The van der Waals surface area contributed by atoms with Gasteiger partial charge in [-0.3, -0.25) is 4.79 Å². The van der Waals surface area contributed by atoms with Gasteiger partial charge in [-0.05, 0) is 42.0 Å². The van der Waals surface area contributed by atoms with Gasteiger partial charge >= 0.3 is 0 Å². The lowest BCUT2D eigenvalue weighted by Gasteiger charge is -2.24. The summed E-state index contributed by atoms with van der Waals surface area (Å²) in [5, 5.41) is 0.466. The van der Waals surface area contributed by atoms with Gasteiger partial charge in [0.05, 0.1) is 0 Å². The van der Waals surface area contributed by atoms with Crippen molar-refractivity contribution in [2.24, 2.45) is 0 Å². The number of rotatable bonds is 2. The van der Waals surface area contributed by atoms with Crippen molar-refractivity contribution in [3.63, 3.8) is 0 Å². The summed E-state index contributed by atoms with van der Waals surface area (Å²) in [6.07, 6.45) is 0. The molecular formula is C16H13ClFNOS. The molecule has 1 atom stereocenters. The first-order valence-electron chi connectivity index (χ1n) is 6.59. The smallest absolute Gasteiger partial charge is 0.255 e.